The molecule has 0 atom stereocenters. The molecule has 2 aliphatic heterocycles. The molecule has 4 rings (SSSR count). The number of benzene rings is 2. The van der Waals surface area contributed by atoms with Gasteiger partial charge in [0.1, 0.15) is 11.9 Å². The number of likely N-dealkylation sites (tertiary alicyclic amines) is 1. The summed E-state index contributed by atoms with van der Waals surface area (Å²) in [7, 11) is -2.10. The fourth-order valence-electron chi connectivity index (χ4n) is 4.48. The molecular formula is C23H28ClFN2O4S. The molecule has 2 heterocycles. The summed E-state index contributed by atoms with van der Waals surface area (Å²) < 4.78 is 52.4. The molecule has 0 aliphatic carbocycles. The van der Waals surface area contributed by atoms with Crippen molar-refractivity contribution >= 4 is 21.6 Å². The van der Waals surface area contributed by atoms with Gasteiger partial charge in [-0.3, -0.25) is 0 Å². The molecule has 2 saturated heterocycles. The van der Waals surface area contributed by atoms with Gasteiger partial charge in [-0.05, 0) is 56.0 Å². The number of rotatable bonds is 6. The first kappa shape index (κ1) is 23.3. The highest BCUT2D eigenvalue weighted by atomic mass is 35.5. The van der Waals surface area contributed by atoms with Crippen molar-refractivity contribution in [3.8, 4) is 11.5 Å². The minimum absolute atomic E-state index is 0.00318. The molecule has 32 heavy (non-hydrogen) atoms. The van der Waals surface area contributed by atoms with Crippen LogP contribution in [0.3, 0.4) is 0 Å². The number of sulfonamides is 1. The maximum atomic E-state index is 13.8. The van der Waals surface area contributed by atoms with Gasteiger partial charge in [-0.1, -0.05) is 23.7 Å². The predicted molar refractivity (Wildman–Crippen MR) is 121 cm³/mol. The number of ether oxygens (including phenoxy) is 2. The van der Waals surface area contributed by atoms with Crippen LogP contribution in [0.1, 0.15) is 25.7 Å². The van der Waals surface area contributed by atoms with E-state index in [4.69, 9.17) is 21.1 Å². The molecule has 0 N–H and O–H groups in total. The van der Waals surface area contributed by atoms with E-state index in [1.165, 1.54) is 29.6 Å². The Balaban J connectivity index is 1.29. The zero-order chi connectivity index (χ0) is 22.7. The van der Waals surface area contributed by atoms with Crippen molar-refractivity contribution in [2.24, 2.45) is 0 Å². The lowest BCUT2D eigenvalue weighted by molar-refractivity contribution is 0.0568. The van der Waals surface area contributed by atoms with Crippen molar-refractivity contribution < 1.29 is 22.3 Å². The predicted octanol–water partition coefficient (Wildman–Crippen LogP) is 4.18. The number of para-hydroxylation sites is 1. The number of hydrogen-bond donors (Lipinski definition) is 0. The Morgan fingerprint density at radius 3 is 2.28 bits per heavy atom. The van der Waals surface area contributed by atoms with Crippen molar-refractivity contribution in [1.82, 2.24) is 9.21 Å². The second-order valence-electron chi connectivity index (χ2n) is 8.22. The van der Waals surface area contributed by atoms with Crippen LogP contribution < -0.4 is 9.47 Å². The van der Waals surface area contributed by atoms with E-state index in [1.54, 1.807) is 24.3 Å². The molecule has 0 saturated carbocycles. The first-order valence-corrected chi connectivity index (χ1v) is 12.7. The third-order valence-corrected chi connectivity index (χ3v) is 8.50. The Labute approximate surface area is 193 Å². The van der Waals surface area contributed by atoms with Crippen LogP contribution in [0.5, 0.6) is 11.5 Å². The lowest BCUT2D eigenvalue weighted by Gasteiger charge is -2.41. The van der Waals surface area contributed by atoms with Crippen LogP contribution in [0, 0.1) is 5.82 Å². The lowest BCUT2D eigenvalue weighted by Crippen LogP contribution is -2.50. The van der Waals surface area contributed by atoms with Gasteiger partial charge in [0.15, 0.2) is 11.6 Å². The number of methoxy groups -OCH3 is 1. The van der Waals surface area contributed by atoms with Gasteiger partial charge in [-0.25, -0.2) is 12.8 Å². The quantitative estimate of drug-likeness (QED) is 0.618. The number of halogens is 2. The van der Waals surface area contributed by atoms with Crippen LogP contribution >= 0.6 is 11.6 Å². The van der Waals surface area contributed by atoms with Gasteiger partial charge in [0.05, 0.1) is 17.0 Å². The fraction of sp³-hybridized carbons (Fsp3) is 0.478. The molecule has 0 aromatic heterocycles. The second-order valence-corrected chi connectivity index (χ2v) is 10.6. The van der Waals surface area contributed by atoms with E-state index in [1.807, 2.05) is 0 Å². The van der Waals surface area contributed by atoms with Crippen molar-refractivity contribution in [1.29, 1.82) is 0 Å². The second kappa shape index (κ2) is 9.95. The molecule has 0 spiro atoms. The Morgan fingerprint density at radius 1 is 0.969 bits per heavy atom. The molecule has 2 aromatic rings. The van der Waals surface area contributed by atoms with Gasteiger partial charge in [-0.15, -0.1) is 0 Å². The van der Waals surface area contributed by atoms with Crippen molar-refractivity contribution in [2.75, 3.05) is 33.3 Å². The molecule has 2 fully saturated rings. The Hall–Kier alpha value is -1.87. The van der Waals surface area contributed by atoms with Gasteiger partial charge in [0, 0.05) is 32.2 Å². The summed E-state index contributed by atoms with van der Waals surface area (Å²) in [5, 5.41) is 0.281. The average Bonchev–Trinajstić information content (AvgIpc) is 2.81. The van der Waals surface area contributed by atoms with E-state index in [0.717, 1.165) is 38.8 Å². The minimum atomic E-state index is -3.59. The first-order valence-electron chi connectivity index (χ1n) is 10.9. The van der Waals surface area contributed by atoms with Crippen LogP contribution in [0.25, 0.3) is 0 Å². The summed E-state index contributed by atoms with van der Waals surface area (Å²) in [6.07, 6.45) is 3.22. The minimum Gasteiger partial charge on any atom is -0.495 e. The van der Waals surface area contributed by atoms with E-state index < -0.39 is 10.0 Å². The lowest BCUT2D eigenvalue weighted by atomic mass is 10.00. The standard InChI is InChI=1S/C23H28ClFN2O4S/c1-30-22-7-6-19(16-20(22)24)32(28,29)27-14-8-17(9-15-27)26-12-10-18(11-13-26)31-23-5-3-2-4-21(23)25/h2-7,16-18H,8-15H2,1H3. The summed E-state index contributed by atoms with van der Waals surface area (Å²) in [6, 6.07) is 11.4. The smallest absolute Gasteiger partial charge is 0.243 e. The van der Waals surface area contributed by atoms with Crippen LogP contribution in [0.2, 0.25) is 5.02 Å². The zero-order valence-corrected chi connectivity index (χ0v) is 19.6. The molecule has 0 unspecified atom stereocenters. The monoisotopic (exact) mass is 482 g/mol. The maximum Gasteiger partial charge on any atom is 0.243 e. The molecule has 174 valence electrons. The summed E-state index contributed by atoms with van der Waals surface area (Å²) in [6.45, 7) is 2.68. The van der Waals surface area contributed by atoms with Gasteiger partial charge in [0.25, 0.3) is 0 Å². The van der Waals surface area contributed by atoms with Gasteiger partial charge in [-0.2, -0.15) is 4.31 Å². The Morgan fingerprint density at radius 2 is 1.66 bits per heavy atom. The van der Waals surface area contributed by atoms with E-state index in [-0.39, 0.29) is 21.8 Å². The first-order chi connectivity index (χ1) is 15.4. The highest BCUT2D eigenvalue weighted by Crippen LogP contribution is 2.31. The highest BCUT2D eigenvalue weighted by molar-refractivity contribution is 7.89. The molecule has 2 aliphatic rings. The Bertz CT molecular complexity index is 1040. The normalized spacial score (nSPS) is 19.7. The van der Waals surface area contributed by atoms with Gasteiger partial charge < -0.3 is 14.4 Å². The molecule has 6 nitrogen and oxygen atoms in total. The fourth-order valence-corrected chi connectivity index (χ4v) is 6.30. The SMILES string of the molecule is COc1ccc(S(=O)(=O)N2CCC(N3CCC(Oc4ccccc4F)CC3)CC2)cc1Cl. The number of hydrogen-bond acceptors (Lipinski definition) is 5. The molecule has 0 bridgehead atoms. The van der Waals surface area contributed by atoms with Crippen molar-refractivity contribution in [2.45, 2.75) is 42.7 Å². The van der Waals surface area contributed by atoms with Gasteiger partial charge in [0.2, 0.25) is 10.0 Å². The van der Waals surface area contributed by atoms with Crippen LogP contribution in [0.4, 0.5) is 4.39 Å². The topological polar surface area (TPSA) is 59.1 Å². The zero-order valence-electron chi connectivity index (χ0n) is 18.0. The Kier molecular flexibility index (Phi) is 7.24. The summed E-state index contributed by atoms with van der Waals surface area (Å²) in [5.74, 6) is 0.427. The number of piperidine rings is 2. The molecule has 9 heteroatoms. The number of nitrogens with zero attached hydrogens (tertiary/aromatic N) is 2. The molecule has 2 aromatic carbocycles. The highest BCUT2D eigenvalue weighted by Gasteiger charge is 2.33. The van der Waals surface area contributed by atoms with Crippen LogP contribution in [0.15, 0.2) is 47.4 Å². The molecular weight excluding hydrogens is 455 g/mol. The summed E-state index contributed by atoms with van der Waals surface area (Å²) in [5.41, 5.74) is 0. The van der Waals surface area contributed by atoms with Gasteiger partial charge >= 0.3 is 0 Å². The van der Waals surface area contributed by atoms with Crippen LogP contribution in [-0.4, -0.2) is 63.1 Å². The third kappa shape index (κ3) is 5.03. The summed E-state index contributed by atoms with van der Waals surface area (Å²) in [4.78, 5) is 2.60. The third-order valence-electron chi connectivity index (χ3n) is 6.31. The van der Waals surface area contributed by atoms with E-state index >= 15 is 0 Å². The van der Waals surface area contributed by atoms with E-state index in [2.05, 4.69) is 4.90 Å². The van der Waals surface area contributed by atoms with E-state index in [0.29, 0.717) is 30.6 Å². The average molecular weight is 483 g/mol. The molecule has 0 amide bonds. The molecule has 0 radical (unpaired) electrons. The van der Waals surface area contributed by atoms with Crippen molar-refractivity contribution in [3.63, 3.8) is 0 Å². The van der Waals surface area contributed by atoms with E-state index in [9.17, 15) is 12.8 Å². The van der Waals surface area contributed by atoms with Crippen LogP contribution in [-0.2, 0) is 10.0 Å². The largest absolute Gasteiger partial charge is 0.495 e. The van der Waals surface area contributed by atoms with Crippen molar-refractivity contribution in [3.05, 3.63) is 53.3 Å². The maximum absolute atomic E-state index is 13.8. The summed E-state index contributed by atoms with van der Waals surface area (Å²) >= 11 is 6.13.